The first-order valence-electron chi connectivity index (χ1n) is 5.85. The van der Waals surface area contributed by atoms with Crippen molar-refractivity contribution >= 4 is 21.8 Å². The van der Waals surface area contributed by atoms with Crippen LogP contribution in [0, 0.1) is 6.92 Å². The number of benzene rings is 1. The standard InChI is InChI=1S/C13H16BrNO3/c1-9-2-3-10(6-11(9)14)12(16)15-7-13(17)4-5-18-8-13/h2-3,6,17H,4-5,7-8H2,1H3,(H,15,16). The van der Waals surface area contributed by atoms with Gasteiger partial charge in [-0.25, -0.2) is 0 Å². The summed E-state index contributed by atoms with van der Waals surface area (Å²) in [5.41, 5.74) is 0.738. The van der Waals surface area contributed by atoms with Crippen LogP contribution in [-0.2, 0) is 4.74 Å². The monoisotopic (exact) mass is 313 g/mol. The van der Waals surface area contributed by atoms with Crippen molar-refractivity contribution in [2.75, 3.05) is 19.8 Å². The van der Waals surface area contributed by atoms with E-state index in [4.69, 9.17) is 4.74 Å². The molecule has 1 aliphatic heterocycles. The highest BCUT2D eigenvalue weighted by Crippen LogP contribution is 2.19. The molecular formula is C13H16BrNO3. The molecule has 0 aromatic heterocycles. The number of aryl methyl sites for hydroxylation is 1. The quantitative estimate of drug-likeness (QED) is 0.892. The van der Waals surface area contributed by atoms with Gasteiger partial charge in [0.05, 0.1) is 6.61 Å². The zero-order chi connectivity index (χ0) is 13.2. The smallest absolute Gasteiger partial charge is 0.251 e. The predicted octanol–water partition coefficient (Wildman–Crippen LogP) is 1.64. The normalized spacial score (nSPS) is 23.1. The highest BCUT2D eigenvalue weighted by molar-refractivity contribution is 9.10. The summed E-state index contributed by atoms with van der Waals surface area (Å²) < 4.78 is 6.03. The lowest BCUT2D eigenvalue weighted by Crippen LogP contribution is -2.43. The van der Waals surface area contributed by atoms with Crippen molar-refractivity contribution in [1.82, 2.24) is 5.32 Å². The molecule has 1 aromatic rings. The van der Waals surface area contributed by atoms with Crippen LogP contribution in [0.5, 0.6) is 0 Å². The minimum atomic E-state index is -0.919. The van der Waals surface area contributed by atoms with Crippen molar-refractivity contribution in [3.63, 3.8) is 0 Å². The Morgan fingerprint density at radius 3 is 3.00 bits per heavy atom. The van der Waals surface area contributed by atoms with Crippen LogP contribution in [0.3, 0.4) is 0 Å². The van der Waals surface area contributed by atoms with E-state index < -0.39 is 5.60 Å². The van der Waals surface area contributed by atoms with Gasteiger partial charge in [0.1, 0.15) is 5.60 Å². The van der Waals surface area contributed by atoms with Gasteiger partial charge < -0.3 is 15.2 Å². The zero-order valence-electron chi connectivity index (χ0n) is 10.2. The van der Waals surface area contributed by atoms with Crippen LogP contribution in [0.1, 0.15) is 22.3 Å². The van der Waals surface area contributed by atoms with Crippen molar-refractivity contribution < 1.29 is 14.6 Å². The first-order valence-corrected chi connectivity index (χ1v) is 6.64. The van der Waals surface area contributed by atoms with E-state index in [-0.39, 0.29) is 19.1 Å². The number of halogens is 1. The van der Waals surface area contributed by atoms with Gasteiger partial charge in [-0.2, -0.15) is 0 Å². The molecule has 2 N–H and O–H groups in total. The Kier molecular flexibility index (Phi) is 4.04. The third kappa shape index (κ3) is 3.10. The van der Waals surface area contributed by atoms with Crippen molar-refractivity contribution in [3.8, 4) is 0 Å². The maximum Gasteiger partial charge on any atom is 0.251 e. The van der Waals surface area contributed by atoms with Crippen LogP contribution in [0.15, 0.2) is 22.7 Å². The molecule has 1 heterocycles. The van der Waals surface area contributed by atoms with E-state index in [1.165, 1.54) is 0 Å². The van der Waals surface area contributed by atoms with Crippen molar-refractivity contribution in [3.05, 3.63) is 33.8 Å². The lowest BCUT2D eigenvalue weighted by molar-refractivity contribution is 0.0264. The van der Waals surface area contributed by atoms with Crippen LogP contribution in [0.4, 0.5) is 0 Å². The second-order valence-corrected chi connectivity index (χ2v) is 5.53. The molecule has 0 spiro atoms. The van der Waals surface area contributed by atoms with E-state index in [1.807, 2.05) is 13.0 Å². The molecule has 98 valence electrons. The Bertz CT molecular complexity index is 456. The molecule has 18 heavy (non-hydrogen) atoms. The molecule has 1 amide bonds. The van der Waals surface area contributed by atoms with Gasteiger partial charge in [-0.15, -0.1) is 0 Å². The first-order chi connectivity index (χ1) is 8.50. The molecule has 2 rings (SSSR count). The molecule has 5 heteroatoms. The summed E-state index contributed by atoms with van der Waals surface area (Å²) in [5, 5.41) is 12.8. The fourth-order valence-corrected chi connectivity index (χ4v) is 2.20. The molecule has 1 unspecified atom stereocenters. The second-order valence-electron chi connectivity index (χ2n) is 4.67. The average molecular weight is 314 g/mol. The molecule has 1 aliphatic rings. The van der Waals surface area contributed by atoms with Crippen molar-refractivity contribution in [1.29, 1.82) is 0 Å². The van der Waals surface area contributed by atoms with E-state index >= 15 is 0 Å². The summed E-state index contributed by atoms with van der Waals surface area (Å²) in [5.74, 6) is -0.184. The lowest BCUT2D eigenvalue weighted by atomic mass is 10.0. The SMILES string of the molecule is Cc1ccc(C(=O)NCC2(O)CCOC2)cc1Br. The third-order valence-electron chi connectivity index (χ3n) is 3.09. The van der Waals surface area contributed by atoms with Crippen LogP contribution in [-0.4, -0.2) is 36.4 Å². The van der Waals surface area contributed by atoms with Crippen molar-refractivity contribution in [2.45, 2.75) is 18.9 Å². The van der Waals surface area contributed by atoms with Gasteiger partial charge in [0.2, 0.25) is 0 Å². The fourth-order valence-electron chi connectivity index (χ4n) is 1.82. The molecule has 1 fully saturated rings. The Morgan fingerprint density at radius 1 is 1.61 bits per heavy atom. The number of carbonyl (C=O) groups excluding carboxylic acids is 1. The predicted molar refractivity (Wildman–Crippen MR) is 71.6 cm³/mol. The zero-order valence-corrected chi connectivity index (χ0v) is 11.8. The van der Waals surface area contributed by atoms with Gasteiger partial charge in [0.25, 0.3) is 5.91 Å². The van der Waals surface area contributed by atoms with E-state index in [0.29, 0.717) is 18.6 Å². The maximum atomic E-state index is 11.9. The molecular weight excluding hydrogens is 298 g/mol. The molecule has 0 bridgehead atoms. The maximum absolute atomic E-state index is 11.9. The summed E-state index contributed by atoms with van der Waals surface area (Å²) in [7, 11) is 0. The Labute approximate surface area is 114 Å². The lowest BCUT2D eigenvalue weighted by Gasteiger charge is -2.20. The number of nitrogens with one attached hydrogen (secondary N) is 1. The summed E-state index contributed by atoms with van der Waals surface area (Å²) in [6, 6.07) is 5.43. The van der Waals surface area contributed by atoms with Crippen LogP contribution in [0.2, 0.25) is 0 Å². The number of amides is 1. The Hall–Kier alpha value is -0.910. The van der Waals surface area contributed by atoms with Crippen LogP contribution < -0.4 is 5.32 Å². The first kappa shape index (κ1) is 13.5. The van der Waals surface area contributed by atoms with Gasteiger partial charge in [-0.1, -0.05) is 22.0 Å². The van der Waals surface area contributed by atoms with E-state index in [9.17, 15) is 9.90 Å². The molecule has 1 atom stereocenters. The number of ether oxygens (including phenoxy) is 1. The molecule has 1 aromatic carbocycles. The molecule has 1 saturated heterocycles. The van der Waals surface area contributed by atoms with E-state index in [0.717, 1.165) is 10.0 Å². The van der Waals surface area contributed by atoms with Gasteiger partial charge in [-0.3, -0.25) is 4.79 Å². The summed E-state index contributed by atoms with van der Waals surface area (Å²) in [6.07, 6.45) is 0.560. The largest absolute Gasteiger partial charge is 0.386 e. The summed E-state index contributed by atoms with van der Waals surface area (Å²) in [4.78, 5) is 11.9. The summed E-state index contributed by atoms with van der Waals surface area (Å²) >= 11 is 3.39. The fraction of sp³-hybridized carbons (Fsp3) is 0.462. The van der Waals surface area contributed by atoms with Gasteiger partial charge >= 0.3 is 0 Å². The van der Waals surface area contributed by atoms with Gasteiger partial charge in [0.15, 0.2) is 0 Å². The van der Waals surface area contributed by atoms with Crippen molar-refractivity contribution in [2.24, 2.45) is 0 Å². The molecule has 0 saturated carbocycles. The third-order valence-corrected chi connectivity index (χ3v) is 3.95. The minimum Gasteiger partial charge on any atom is -0.386 e. The molecule has 4 nitrogen and oxygen atoms in total. The number of aliphatic hydroxyl groups is 1. The van der Waals surface area contributed by atoms with E-state index in [1.54, 1.807) is 12.1 Å². The second kappa shape index (κ2) is 5.38. The Balaban J connectivity index is 1.97. The minimum absolute atomic E-state index is 0.184. The summed E-state index contributed by atoms with van der Waals surface area (Å²) in [6.45, 7) is 3.01. The van der Waals surface area contributed by atoms with Crippen LogP contribution >= 0.6 is 15.9 Å². The Morgan fingerprint density at radius 2 is 2.39 bits per heavy atom. The highest BCUT2D eigenvalue weighted by atomic mass is 79.9. The number of carbonyl (C=O) groups is 1. The average Bonchev–Trinajstić information content (AvgIpc) is 2.77. The number of hydrogen-bond donors (Lipinski definition) is 2. The number of hydrogen-bond acceptors (Lipinski definition) is 3. The highest BCUT2D eigenvalue weighted by Gasteiger charge is 2.32. The van der Waals surface area contributed by atoms with E-state index in [2.05, 4.69) is 21.2 Å². The van der Waals surface area contributed by atoms with Gasteiger partial charge in [-0.05, 0) is 24.6 Å². The molecule has 0 radical (unpaired) electrons. The van der Waals surface area contributed by atoms with Crippen LogP contribution in [0.25, 0.3) is 0 Å². The number of rotatable bonds is 3. The topological polar surface area (TPSA) is 58.6 Å². The van der Waals surface area contributed by atoms with Gasteiger partial charge in [0, 0.05) is 29.6 Å². The molecule has 0 aliphatic carbocycles.